The van der Waals surface area contributed by atoms with E-state index in [1.807, 2.05) is 6.92 Å². The van der Waals surface area contributed by atoms with Crippen molar-refractivity contribution in [2.75, 3.05) is 24.6 Å². The first kappa shape index (κ1) is 21.3. The van der Waals surface area contributed by atoms with Gasteiger partial charge in [-0.15, -0.1) is 0 Å². The molecule has 2 aliphatic rings. The second-order valence-electron chi connectivity index (χ2n) is 9.49. The van der Waals surface area contributed by atoms with Crippen LogP contribution in [-0.4, -0.2) is 52.0 Å². The Kier molecular flexibility index (Phi) is 6.11. The van der Waals surface area contributed by atoms with Crippen molar-refractivity contribution in [3.05, 3.63) is 35.7 Å². The molecule has 0 bridgehead atoms. The number of aryl methyl sites for hydroxylation is 2. The molecule has 1 saturated heterocycles. The number of nitrogens with zero attached hydrogens (tertiary/aromatic N) is 4. The number of aliphatic hydroxyl groups excluding tert-OH is 1. The molecule has 1 aliphatic heterocycles. The van der Waals surface area contributed by atoms with Crippen molar-refractivity contribution in [2.24, 2.45) is 5.92 Å². The summed E-state index contributed by atoms with van der Waals surface area (Å²) in [6.07, 6.45) is 7.47. The first-order valence-corrected chi connectivity index (χ1v) is 11.9. The number of pyridine rings is 1. The third-order valence-electron chi connectivity index (χ3n) is 7.03. The highest BCUT2D eigenvalue weighted by atomic mass is 16.5. The van der Waals surface area contributed by atoms with Gasteiger partial charge in [-0.05, 0) is 51.3 Å². The maximum Gasteiger partial charge on any atom is 0.261 e. The molecule has 2 fully saturated rings. The van der Waals surface area contributed by atoms with Gasteiger partial charge in [0.25, 0.3) is 5.89 Å². The molecule has 3 heterocycles. The van der Waals surface area contributed by atoms with Crippen LogP contribution in [0.3, 0.4) is 0 Å². The molecule has 2 unspecified atom stereocenters. The number of aliphatic hydroxyl groups is 1. The van der Waals surface area contributed by atoms with E-state index < -0.39 is 0 Å². The number of benzene rings is 1. The first-order chi connectivity index (χ1) is 15.6. The van der Waals surface area contributed by atoms with Gasteiger partial charge in [-0.3, -0.25) is 0 Å². The van der Waals surface area contributed by atoms with E-state index in [0.717, 1.165) is 41.8 Å². The molecule has 2 atom stereocenters. The largest absolute Gasteiger partial charge is 0.396 e. The van der Waals surface area contributed by atoms with Crippen molar-refractivity contribution in [1.29, 1.82) is 0 Å². The summed E-state index contributed by atoms with van der Waals surface area (Å²) < 4.78 is 5.55. The van der Waals surface area contributed by atoms with Crippen LogP contribution in [0.25, 0.3) is 22.4 Å². The van der Waals surface area contributed by atoms with Crippen LogP contribution in [-0.2, 0) is 0 Å². The van der Waals surface area contributed by atoms with Crippen molar-refractivity contribution >= 4 is 16.7 Å². The number of hydrogen-bond donors (Lipinski definition) is 2. The van der Waals surface area contributed by atoms with Crippen LogP contribution in [0.2, 0.25) is 0 Å². The lowest BCUT2D eigenvalue weighted by molar-refractivity contribution is 0.160. The zero-order valence-electron chi connectivity index (χ0n) is 19.0. The van der Waals surface area contributed by atoms with E-state index in [-0.39, 0.29) is 12.5 Å². The van der Waals surface area contributed by atoms with Gasteiger partial charge in [-0.2, -0.15) is 4.98 Å². The highest BCUT2D eigenvalue weighted by Gasteiger charge is 2.33. The van der Waals surface area contributed by atoms with Gasteiger partial charge in [-0.25, -0.2) is 4.98 Å². The minimum atomic E-state index is 0.165. The summed E-state index contributed by atoms with van der Waals surface area (Å²) >= 11 is 0. The third kappa shape index (κ3) is 4.36. The fourth-order valence-corrected chi connectivity index (χ4v) is 5.29. The summed E-state index contributed by atoms with van der Waals surface area (Å²) in [5, 5.41) is 19.2. The van der Waals surface area contributed by atoms with Crippen LogP contribution in [0.5, 0.6) is 0 Å². The van der Waals surface area contributed by atoms with Crippen LogP contribution < -0.4 is 10.2 Å². The molecule has 170 valence electrons. The lowest BCUT2D eigenvalue weighted by atomic mass is 9.89. The van der Waals surface area contributed by atoms with Crippen LogP contribution >= 0.6 is 0 Å². The minimum absolute atomic E-state index is 0.165. The Balaban J connectivity index is 1.45. The zero-order chi connectivity index (χ0) is 22.1. The monoisotopic (exact) mass is 435 g/mol. The van der Waals surface area contributed by atoms with E-state index in [2.05, 4.69) is 51.5 Å². The molecule has 7 heteroatoms. The Labute approximate surface area is 189 Å². The van der Waals surface area contributed by atoms with Crippen molar-refractivity contribution in [2.45, 2.75) is 64.5 Å². The summed E-state index contributed by atoms with van der Waals surface area (Å²) in [6.45, 7) is 5.72. The van der Waals surface area contributed by atoms with Crippen molar-refractivity contribution in [3.8, 4) is 11.5 Å². The molecule has 1 aliphatic carbocycles. The summed E-state index contributed by atoms with van der Waals surface area (Å²) in [6, 6.07) is 9.34. The minimum Gasteiger partial charge on any atom is -0.396 e. The average Bonchev–Trinajstić information content (AvgIpc) is 3.25. The molecule has 2 aromatic heterocycles. The number of fused-ring (bicyclic) bond motifs is 1. The fraction of sp³-hybridized carbons (Fsp3) is 0.560. The van der Waals surface area contributed by atoms with Gasteiger partial charge in [0.1, 0.15) is 5.82 Å². The topological polar surface area (TPSA) is 87.3 Å². The predicted molar refractivity (Wildman–Crippen MR) is 126 cm³/mol. The van der Waals surface area contributed by atoms with Gasteiger partial charge in [0.2, 0.25) is 0 Å². The summed E-state index contributed by atoms with van der Waals surface area (Å²) in [7, 11) is 0. The maximum atomic E-state index is 10.2. The molecule has 1 saturated carbocycles. The highest BCUT2D eigenvalue weighted by molar-refractivity contribution is 5.88. The standard InChI is InChI=1S/C25H33N5O2/c1-16-8-9-22-18(12-16)13-21(25-26-17(2)29-32-25)24(28-22)30-11-10-23(19(14-30)15-31)27-20-6-4-3-5-7-20/h8-9,12-13,19-20,23,27,31H,3-7,10-11,14-15H2,1-2H3. The van der Waals surface area contributed by atoms with Crippen LogP contribution in [0.1, 0.15) is 49.9 Å². The van der Waals surface area contributed by atoms with E-state index in [9.17, 15) is 5.11 Å². The lowest BCUT2D eigenvalue weighted by Crippen LogP contribution is -2.53. The quantitative estimate of drug-likeness (QED) is 0.626. The van der Waals surface area contributed by atoms with E-state index in [1.54, 1.807) is 0 Å². The molecular formula is C25H33N5O2. The number of rotatable bonds is 5. The average molecular weight is 436 g/mol. The fourth-order valence-electron chi connectivity index (χ4n) is 5.29. The molecule has 7 nitrogen and oxygen atoms in total. The number of hydrogen-bond acceptors (Lipinski definition) is 7. The van der Waals surface area contributed by atoms with E-state index >= 15 is 0 Å². The summed E-state index contributed by atoms with van der Waals surface area (Å²) in [5.74, 6) is 2.13. The highest BCUT2D eigenvalue weighted by Crippen LogP contribution is 2.34. The SMILES string of the molecule is Cc1ccc2nc(N3CCC(NC4CCCCC4)C(CO)C3)c(-c3nc(C)no3)cc2c1. The lowest BCUT2D eigenvalue weighted by Gasteiger charge is -2.41. The smallest absolute Gasteiger partial charge is 0.261 e. The van der Waals surface area contributed by atoms with Crippen LogP contribution in [0.4, 0.5) is 5.82 Å². The number of anilines is 1. The molecule has 5 rings (SSSR count). The molecule has 0 radical (unpaired) electrons. The Morgan fingerprint density at radius 3 is 2.69 bits per heavy atom. The zero-order valence-corrected chi connectivity index (χ0v) is 19.0. The molecule has 0 amide bonds. The van der Waals surface area contributed by atoms with E-state index in [1.165, 1.54) is 37.7 Å². The summed E-state index contributed by atoms with van der Waals surface area (Å²) in [5.41, 5.74) is 3.00. The van der Waals surface area contributed by atoms with Gasteiger partial charge in [-0.1, -0.05) is 36.0 Å². The van der Waals surface area contributed by atoms with E-state index in [4.69, 9.17) is 9.51 Å². The Hall–Kier alpha value is -2.51. The van der Waals surface area contributed by atoms with Crippen molar-refractivity contribution in [3.63, 3.8) is 0 Å². The Morgan fingerprint density at radius 2 is 1.94 bits per heavy atom. The second-order valence-corrected chi connectivity index (χ2v) is 9.49. The second kappa shape index (κ2) is 9.16. The predicted octanol–water partition coefficient (Wildman–Crippen LogP) is 4.01. The molecule has 2 N–H and O–H groups in total. The van der Waals surface area contributed by atoms with Gasteiger partial charge in [0, 0.05) is 43.1 Å². The molecule has 3 aromatic rings. The number of piperidine rings is 1. The van der Waals surface area contributed by atoms with Gasteiger partial charge in [0.15, 0.2) is 5.82 Å². The molecular weight excluding hydrogens is 402 g/mol. The van der Waals surface area contributed by atoms with E-state index in [0.29, 0.717) is 23.8 Å². The van der Waals surface area contributed by atoms with Gasteiger partial charge < -0.3 is 19.8 Å². The van der Waals surface area contributed by atoms with Crippen molar-refractivity contribution < 1.29 is 9.63 Å². The first-order valence-electron chi connectivity index (χ1n) is 11.9. The van der Waals surface area contributed by atoms with Gasteiger partial charge >= 0.3 is 0 Å². The maximum absolute atomic E-state index is 10.2. The van der Waals surface area contributed by atoms with Crippen LogP contribution in [0.15, 0.2) is 28.8 Å². The number of aromatic nitrogens is 3. The van der Waals surface area contributed by atoms with Crippen molar-refractivity contribution in [1.82, 2.24) is 20.4 Å². The summed E-state index contributed by atoms with van der Waals surface area (Å²) in [4.78, 5) is 11.8. The molecule has 32 heavy (non-hydrogen) atoms. The van der Waals surface area contributed by atoms with Crippen LogP contribution in [0, 0.1) is 19.8 Å². The molecule has 0 spiro atoms. The number of nitrogens with one attached hydrogen (secondary N) is 1. The molecule has 1 aromatic carbocycles. The van der Waals surface area contributed by atoms with Gasteiger partial charge in [0.05, 0.1) is 11.1 Å². The Bertz CT molecular complexity index is 1080. The normalized spacial score (nSPS) is 22.5. The third-order valence-corrected chi connectivity index (χ3v) is 7.03. The Morgan fingerprint density at radius 1 is 1.09 bits per heavy atom.